The van der Waals surface area contributed by atoms with Gasteiger partial charge in [-0.3, -0.25) is 0 Å². The van der Waals surface area contributed by atoms with Gasteiger partial charge in [0.1, 0.15) is 5.60 Å². The molecular formula is C16H29BN2O4. The Morgan fingerprint density at radius 2 is 1.65 bits per heavy atom. The molecule has 23 heavy (non-hydrogen) atoms. The van der Waals surface area contributed by atoms with Crippen LogP contribution in [-0.2, 0) is 9.39 Å². The zero-order valence-corrected chi connectivity index (χ0v) is 15.8. The third kappa shape index (κ3) is 4.82. The Bertz CT molecular complexity index is 580. The maximum absolute atomic E-state index is 12.2. The predicted molar refractivity (Wildman–Crippen MR) is 91.6 cm³/mol. The number of hydrogen-bond acceptors (Lipinski definition) is 5. The van der Waals surface area contributed by atoms with E-state index < -0.39 is 22.9 Å². The lowest BCUT2D eigenvalue weighted by Crippen LogP contribution is -2.49. The molecule has 1 aromatic heterocycles. The molecule has 0 amide bonds. The van der Waals surface area contributed by atoms with Gasteiger partial charge in [-0.25, -0.2) is 4.79 Å². The van der Waals surface area contributed by atoms with E-state index in [1.54, 1.807) is 20.8 Å². The van der Waals surface area contributed by atoms with Crippen molar-refractivity contribution in [2.45, 2.75) is 79.1 Å². The van der Waals surface area contributed by atoms with E-state index in [9.17, 15) is 9.90 Å². The van der Waals surface area contributed by atoms with Crippen LogP contribution in [0.2, 0.25) is 0 Å². The quantitative estimate of drug-likeness (QED) is 0.855. The van der Waals surface area contributed by atoms with Crippen LogP contribution in [0.25, 0.3) is 0 Å². The van der Waals surface area contributed by atoms with E-state index in [4.69, 9.17) is 9.39 Å². The fourth-order valence-electron chi connectivity index (χ4n) is 1.80. The summed E-state index contributed by atoms with van der Waals surface area (Å²) in [6, 6.07) is 0. The lowest BCUT2D eigenvalue weighted by atomic mass is 9.81. The average molecular weight is 324 g/mol. The molecule has 0 saturated heterocycles. The van der Waals surface area contributed by atoms with Gasteiger partial charge in [-0.05, 0) is 67.8 Å². The summed E-state index contributed by atoms with van der Waals surface area (Å²) >= 11 is 0. The van der Waals surface area contributed by atoms with Crippen molar-refractivity contribution in [3.05, 3.63) is 11.4 Å². The predicted octanol–water partition coefficient (Wildman–Crippen LogP) is 1.83. The molecule has 0 bridgehead atoms. The maximum Gasteiger partial charge on any atom is 0.435 e. The third-order valence-electron chi connectivity index (χ3n) is 4.06. The molecule has 0 aliphatic carbocycles. The van der Waals surface area contributed by atoms with Crippen LogP contribution in [-0.4, -0.2) is 45.3 Å². The summed E-state index contributed by atoms with van der Waals surface area (Å²) in [5.41, 5.74) is -0.0879. The molecule has 1 N–H and O–H groups in total. The van der Waals surface area contributed by atoms with Crippen LogP contribution < -0.4 is 5.46 Å². The normalized spacial score (nSPS) is 13.1. The Morgan fingerprint density at radius 1 is 1.13 bits per heavy atom. The molecule has 0 unspecified atom stereocenters. The van der Waals surface area contributed by atoms with Gasteiger partial charge in [-0.2, -0.15) is 9.78 Å². The number of hydrogen-bond donors (Lipinski definition) is 1. The van der Waals surface area contributed by atoms with Crippen LogP contribution in [0.5, 0.6) is 0 Å². The number of rotatable bonds is 4. The van der Waals surface area contributed by atoms with E-state index in [0.29, 0.717) is 11.4 Å². The smallest absolute Gasteiger partial charge is 0.435 e. The summed E-state index contributed by atoms with van der Waals surface area (Å²) in [4.78, 5) is 12.2. The number of carbonyl (C=O) groups excluding carboxylic acids is 1. The summed E-state index contributed by atoms with van der Waals surface area (Å²) in [5.74, 6) is 0. The van der Waals surface area contributed by atoms with Crippen molar-refractivity contribution in [2.75, 3.05) is 0 Å². The first-order valence-electron chi connectivity index (χ1n) is 7.80. The molecule has 0 fully saturated rings. The minimum atomic E-state index is -0.990. The van der Waals surface area contributed by atoms with Gasteiger partial charge >= 0.3 is 13.6 Å². The summed E-state index contributed by atoms with van der Waals surface area (Å²) in [6.07, 6.45) is -0.508. The number of ether oxygens (including phenoxy) is 1. The molecule has 0 saturated carbocycles. The molecule has 0 aliphatic heterocycles. The van der Waals surface area contributed by atoms with Crippen LogP contribution in [0.4, 0.5) is 4.79 Å². The summed E-state index contributed by atoms with van der Waals surface area (Å²) in [6.45, 7) is 16.1. The fourth-order valence-corrected chi connectivity index (χ4v) is 1.80. The molecule has 130 valence electrons. The molecular weight excluding hydrogens is 295 g/mol. The number of carbonyl (C=O) groups is 1. The monoisotopic (exact) mass is 324 g/mol. The number of aromatic nitrogens is 2. The summed E-state index contributed by atoms with van der Waals surface area (Å²) in [5, 5.41) is 14.4. The van der Waals surface area contributed by atoms with E-state index in [2.05, 4.69) is 5.10 Å². The van der Waals surface area contributed by atoms with Gasteiger partial charge in [0.25, 0.3) is 0 Å². The van der Waals surface area contributed by atoms with Crippen molar-refractivity contribution in [3.63, 3.8) is 0 Å². The molecule has 7 heteroatoms. The van der Waals surface area contributed by atoms with Crippen LogP contribution in [0, 0.1) is 13.8 Å². The summed E-state index contributed by atoms with van der Waals surface area (Å²) in [7, 11) is 0.261. The van der Waals surface area contributed by atoms with Crippen molar-refractivity contribution in [1.82, 2.24) is 9.78 Å². The third-order valence-corrected chi connectivity index (χ3v) is 4.06. The minimum Gasteiger partial charge on any atom is -0.442 e. The van der Waals surface area contributed by atoms with E-state index in [1.807, 2.05) is 41.5 Å². The molecule has 0 spiro atoms. The van der Waals surface area contributed by atoms with Crippen molar-refractivity contribution >= 4 is 19.0 Å². The number of nitrogens with zero attached hydrogens (tertiary/aromatic N) is 2. The standard InChI is InChI=1S/C16H29BN2O4/c1-10-12(17-23-16(8,9)15(6,7)21)11(2)19(18-10)13(20)22-14(3,4)5/h17,21H,1-9H3. The van der Waals surface area contributed by atoms with Crippen LogP contribution in [0.15, 0.2) is 0 Å². The first-order chi connectivity index (χ1) is 10.2. The topological polar surface area (TPSA) is 73.6 Å². The van der Waals surface area contributed by atoms with Crippen molar-refractivity contribution in [2.24, 2.45) is 0 Å². The second-order valence-corrected chi connectivity index (χ2v) is 7.90. The highest BCUT2D eigenvalue weighted by molar-refractivity contribution is 6.48. The maximum atomic E-state index is 12.2. The molecule has 0 aliphatic rings. The summed E-state index contributed by atoms with van der Waals surface area (Å²) < 4.78 is 12.5. The second kappa shape index (κ2) is 6.28. The SMILES string of the molecule is Cc1nn(C(=O)OC(C)(C)C)c(C)c1BOC(C)(C)C(C)(C)O. The minimum absolute atomic E-state index is 0.261. The van der Waals surface area contributed by atoms with Gasteiger partial charge in [0.05, 0.1) is 16.9 Å². The zero-order valence-electron chi connectivity index (χ0n) is 15.8. The highest BCUT2D eigenvalue weighted by Crippen LogP contribution is 2.24. The lowest BCUT2D eigenvalue weighted by Gasteiger charge is -2.37. The van der Waals surface area contributed by atoms with Gasteiger partial charge in [0.15, 0.2) is 0 Å². The largest absolute Gasteiger partial charge is 0.442 e. The highest BCUT2D eigenvalue weighted by Gasteiger charge is 2.36. The number of aryl methyl sites for hydroxylation is 1. The van der Waals surface area contributed by atoms with Crippen LogP contribution >= 0.6 is 0 Å². The second-order valence-electron chi connectivity index (χ2n) is 7.90. The van der Waals surface area contributed by atoms with Gasteiger partial charge in [-0.15, -0.1) is 0 Å². The first-order valence-corrected chi connectivity index (χ1v) is 7.80. The van der Waals surface area contributed by atoms with Gasteiger partial charge in [-0.1, -0.05) is 0 Å². The van der Waals surface area contributed by atoms with E-state index in [0.717, 1.165) is 5.46 Å². The molecule has 0 atom stereocenters. The molecule has 0 aromatic carbocycles. The van der Waals surface area contributed by atoms with Crippen LogP contribution in [0.1, 0.15) is 59.9 Å². The van der Waals surface area contributed by atoms with E-state index in [1.165, 1.54) is 4.68 Å². The van der Waals surface area contributed by atoms with Crippen LogP contribution in [0.3, 0.4) is 0 Å². The molecule has 6 nitrogen and oxygen atoms in total. The van der Waals surface area contributed by atoms with Gasteiger partial charge in [0, 0.05) is 5.69 Å². The van der Waals surface area contributed by atoms with E-state index in [-0.39, 0.29) is 7.48 Å². The zero-order chi connectivity index (χ0) is 18.2. The van der Waals surface area contributed by atoms with Crippen molar-refractivity contribution < 1.29 is 19.3 Å². The Balaban J connectivity index is 2.97. The highest BCUT2D eigenvalue weighted by atomic mass is 16.6. The fraction of sp³-hybridized carbons (Fsp3) is 0.750. The van der Waals surface area contributed by atoms with Gasteiger partial charge < -0.3 is 14.5 Å². The molecule has 1 heterocycles. The Kier molecular flexibility index (Phi) is 5.38. The Morgan fingerprint density at radius 3 is 2.09 bits per heavy atom. The van der Waals surface area contributed by atoms with Crippen molar-refractivity contribution in [1.29, 1.82) is 0 Å². The Labute approximate surface area is 139 Å². The lowest BCUT2D eigenvalue weighted by molar-refractivity contribution is -0.0893. The van der Waals surface area contributed by atoms with E-state index >= 15 is 0 Å². The first kappa shape index (κ1) is 19.7. The Hall–Kier alpha value is -1.34. The van der Waals surface area contributed by atoms with Crippen molar-refractivity contribution in [3.8, 4) is 0 Å². The van der Waals surface area contributed by atoms with Gasteiger partial charge in [0.2, 0.25) is 0 Å². The molecule has 0 radical (unpaired) electrons. The average Bonchev–Trinajstić information content (AvgIpc) is 2.59. The molecule has 1 rings (SSSR count). The molecule has 1 aromatic rings. The number of aliphatic hydroxyl groups is 1.